The number of carbonyl (C=O) groups is 1. The van der Waals surface area contributed by atoms with Crippen LogP contribution in [0.2, 0.25) is 0 Å². The van der Waals surface area contributed by atoms with E-state index < -0.39 is 0 Å². The molecule has 1 amide bonds. The van der Waals surface area contributed by atoms with Crippen LogP contribution in [0.1, 0.15) is 0 Å². The van der Waals surface area contributed by atoms with E-state index in [4.69, 9.17) is 0 Å². The quantitative estimate of drug-likeness (QED) is 0.483. The minimum atomic E-state index is -0.327. The van der Waals surface area contributed by atoms with Crippen molar-refractivity contribution >= 4 is 24.5 Å². The minimum Gasteiger partial charge on any atom is -0.341 e. The number of nitrogens with zero attached hydrogens (tertiary/aromatic N) is 2. The maximum Gasteiger partial charge on any atom is 0.346 e. The van der Waals surface area contributed by atoms with Gasteiger partial charge in [-0.2, -0.15) is 9.78 Å². The molecule has 58 valence electrons. The Labute approximate surface area is 68.2 Å². The molecule has 0 saturated carbocycles. The molecule has 2 heterocycles. The van der Waals surface area contributed by atoms with Crippen molar-refractivity contribution in [3.8, 4) is 0 Å². The number of rotatable bonds is 0. The number of hydrogen-bond acceptors (Lipinski definition) is 4. The van der Waals surface area contributed by atoms with Crippen LogP contribution in [-0.2, 0) is 0 Å². The van der Waals surface area contributed by atoms with Crippen molar-refractivity contribution in [3.05, 3.63) is 12.3 Å². The number of thiol groups is 1. The first kappa shape index (κ1) is 6.53. The minimum absolute atomic E-state index is 0.260. The second kappa shape index (κ2) is 2.16. The van der Waals surface area contributed by atoms with Crippen LogP contribution in [0.3, 0.4) is 0 Å². The average molecular weight is 170 g/mol. The monoisotopic (exact) mass is 170 g/mol. The Morgan fingerprint density at radius 3 is 3.27 bits per heavy atom. The molecule has 0 fully saturated rings. The van der Waals surface area contributed by atoms with Crippen molar-refractivity contribution in [2.45, 2.75) is 5.50 Å². The molecule has 1 aromatic heterocycles. The molecule has 1 aliphatic rings. The Balaban J connectivity index is 2.44. The van der Waals surface area contributed by atoms with Gasteiger partial charge in [-0.05, 0) is 0 Å². The van der Waals surface area contributed by atoms with Gasteiger partial charge in [-0.1, -0.05) is 0 Å². The predicted octanol–water partition coefficient (Wildman–Crippen LogP) is 0.0797. The fourth-order valence-corrected chi connectivity index (χ4v) is 1.17. The zero-order chi connectivity index (χ0) is 7.84. The third-order valence-electron chi connectivity index (χ3n) is 1.38. The number of carbonyl (C=O) groups excluding carboxylic acids is 1. The number of amides is 1. The molecule has 0 spiro atoms. The summed E-state index contributed by atoms with van der Waals surface area (Å²) in [6.45, 7) is 0. The Morgan fingerprint density at radius 2 is 2.45 bits per heavy atom. The summed E-state index contributed by atoms with van der Waals surface area (Å²) in [4.78, 5) is 11.1. The van der Waals surface area contributed by atoms with E-state index in [-0.39, 0.29) is 11.5 Å². The Hall–Kier alpha value is -1.17. The van der Waals surface area contributed by atoms with Crippen LogP contribution in [-0.4, -0.2) is 21.3 Å². The molecular formula is C5H6N4OS. The van der Waals surface area contributed by atoms with Crippen molar-refractivity contribution in [1.29, 1.82) is 0 Å². The van der Waals surface area contributed by atoms with Gasteiger partial charge in [-0.3, -0.25) is 0 Å². The SMILES string of the molecule is O=C1NC(S)Nc2ccnn21. The summed E-state index contributed by atoms with van der Waals surface area (Å²) >= 11 is 4.04. The maximum absolute atomic E-state index is 11.1. The highest BCUT2D eigenvalue weighted by Crippen LogP contribution is 2.11. The highest BCUT2D eigenvalue weighted by molar-refractivity contribution is 7.81. The van der Waals surface area contributed by atoms with Gasteiger partial charge < -0.3 is 10.6 Å². The predicted molar refractivity (Wildman–Crippen MR) is 42.6 cm³/mol. The van der Waals surface area contributed by atoms with Gasteiger partial charge in [0.25, 0.3) is 0 Å². The van der Waals surface area contributed by atoms with Gasteiger partial charge in [0.2, 0.25) is 0 Å². The summed E-state index contributed by atoms with van der Waals surface area (Å²) in [5, 5.41) is 9.22. The van der Waals surface area contributed by atoms with Crippen molar-refractivity contribution < 1.29 is 4.79 Å². The molecule has 0 radical (unpaired) electrons. The van der Waals surface area contributed by atoms with E-state index in [1.54, 1.807) is 12.3 Å². The van der Waals surface area contributed by atoms with Crippen molar-refractivity contribution in [1.82, 2.24) is 15.1 Å². The lowest BCUT2D eigenvalue weighted by atomic mass is 10.6. The molecule has 11 heavy (non-hydrogen) atoms. The normalized spacial score (nSPS) is 21.9. The molecule has 0 saturated heterocycles. The molecule has 1 aromatic rings. The van der Waals surface area contributed by atoms with E-state index in [0.717, 1.165) is 0 Å². The summed E-state index contributed by atoms with van der Waals surface area (Å²) in [6.07, 6.45) is 1.55. The number of nitrogens with one attached hydrogen (secondary N) is 2. The summed E-state index contributed by atoms with van der Waals surface area (Å²) < 4.78 is 1.24. The lowest BCUT2D eigenvalue weighted by molar-refractivity contribution is 0.238. The largest absolute Gasteiger partial charge is 0.346 e. The van der Waals surface area contributed by atoms with E-state index in [0.29, 0.717) is 5.82 Å². The second-order valence-corrected chi connectivity index (χ2v) is 2.64. The van der Waals surface area contributed by atoms with Crippen molar-refractivity contribution in [3.63, 3.8) is 0 Å². The van der Waals surface area contributed by atoms with Crippen LogP contribution in [0.15, 0.2) is 12.3 Å². The fraction of sp³-hybridized carbons (Fsp3) is 0.200. The molecule has 2 N–H and O–H groups in total. The first-order valence-corrected chi connectivity index (χ1v) is 3.58. The molecular weight excluding hydrogens is 164 g/mol. The highest BCUT2D eigenvalue weighted by Gasteiger charge is 2.19. The van der Waals surface area contributed by atoms with Gasteiger partial charge >= 0.3 is 6.03 Å². The van der Waals surface area contributed by atoms with Crippen LogP contribution in [0.5, 0.6) is 0 Å². The lowest BCUT2D eigenvalue weighted by Gasteiger charge is -2.21. The lowest BCUT2D eigenvalue weighted by Crippen LogP contribution is -2.45. The molecule has 1 unspecified atom stereocenters. The average Bonchev–Trinajstić information content (AvgIpc) is 2.34. The van der Waals surface area contributed by atoms with Crippen LogP contribution >= 0.6 is 12.6 Å². The van der Waals surface area contributed by atoms with Crippen LogP contribution in [0.4, 0.5) is 10.6 Å². The van der Waals surface area contributed by atoms with Gasteiger partial charge in [0, 0.05) is 6.07 Å². The molecule has 1 aliphatic heterocycles. The van der Waals surface area contributed by atoms with Gasteiger partial charge in [0.1, 0.15) is 11.3 Å². The Kier molecular flexibility index (Phi) is 1.28. The van der Waals surface area contributed by atoms with E-state index in [1.807, 2.05) is 0 Å². The summed E-state index contributed by atoms with van der Waals surface area (Å²) in [5.74, 6) is 0.661. The molecule has 0 aliphatic carbocycles. The van der Waals surface area contributed by atoms with Crippen molar-refractivity contribution in [2.75, 3.05) is 5.32 Å². The van der Waals surface area contributed by atoms with Crippen LogP contribution in [0.25, 0.3) is 0 Å². The zero-order valence-corrected chi connectivity index (χ0v) is 6.38. The van der Waals surface area contributed by atoms with Gasteiger partial charge in [-0.15, -0.1) is 12.6 Å². The van der Waals surface area contributed by atoms with Gasteiger partial charge in [0.15, 0.2) is 0 Å². The molecule has 0 aromatic carbocycles. The first-order valence-electron chi connectivity index (χ1n) is 3.07. The third-order valence-corrected chi connectivity index (χ3v) is 1.64. The van der Waals surface area contributed by atoms with E-state index in [2.05, 4.69) is 28.4 Å². The smallest absolute Gasteiger partial charge is 0.341 e. The maximum atomic E-state index is 11.1. The highest BCUT2D eigenvalue weighted by atomic mass is 32.1. The Morgan fingerprint density at radius 1 is 1.64 bits per heavy atom. The second-order valence-electron chi connectivity index (χ2n) is 2.12. The molecule has 0 bridgehead atoms. The zero-order valence-electron chi connectivity index (χ0n) is 5.48. The topological polar surface area (TPSA) is 59.0 Å². The summed E-state index contributed by atoms with van der Waals surface area (Å²) in [5.41, 5.74) is -0.327. The number of hydrogen-bond donors (Lipinski definition) is 3. The molecule has 1 atom stereocenters. The number of fused-ring (bicyclic) bond motifs is 1. The van der Waals surface area contributed by atoms with E-state index in [1.165, 1.54) is 4.68 Å². The summed E-state index contributed by atoms with van der Waals surface area (Å²) in [6, 6.07) is 1.45. The van der Waals surface area contributed by atoms with Gasteiger partial charge in [0.05, 0.1) is 6.20 Å². The van der Waals surface area contributed by atoms with E-state index >= 15 is 0 Å². The fourth-order valence-electron chi connectivity index (χ4n) is 0.929. The first-order chi connectivity index (χ1) is 5.27. The van der Waals surface area contributed by atoms with Crippen LogP contribution in [0, 0.1) is 0 Å². The van der Waals surface area contributed by atoms with Crippen LogP contribution < -0.4 is 10.6 Å². The third kappa shape index (κ3) is 0.949. The molecule has 5 nitrogen and oxygen atoms in total. The number of aromatic nitrogens is 2. The molecule has 2 rings (SSSR count). The van der Waals surface area contributed by atoms with Crippen molar-refractivity contribution in [2.24, 2.45) is 0 Å². The Bertz CT molecular complexity index is 296. The standard InChI is InChI=1S/C5H6N4OS/c10-5-8-4(11)7-3-1-2-6-9(3)5/h1-2,4,7,11H,(H,8,10). The number of anilines is 1. The van der Waals surface area contributed by atoms with Gasteiger partial charge in [-0.25, -0.2) is 4.79 Å². The summed E-state index contributed by atoms with van der Waals surface area (Å²) in [7, 11) is 0. The van der Waals surface area contributed by atoms with E-state index in [9.17, 15) is 4.79 Å². The molecule has 6 heteroatoms.